The lowest BCUT2D eigenvalue weighted by molar-refractivity contribution is 0.0531. The van der Waals surface area contributed by atoms with Gasteiger partial charge < -0.3 is 4.74 Å². The first kappa shape index (κ1) is 17.6. The van der Waals surface area contributed by atoms with Crippen LogP contribution in [0.4, 0.5) is 0 Å². The number of hydrogen-bond donors (Lipinski definition) is 0. The van der Waals surface area contributed by atoms with Crippen LogP contribution in [0.3, 0.4) is 0 Å². The van der Waals surface area contributed by atoms with E-state index in [2.05, 4.69) is 4.98 Å². The van der Waals surface area contributed by atoms with Gasteiger partial charge in [-0.2, -0.15) is 0 Å². The van der Waals surface area contributed by atoms with E-state index in [9.17, 15) is 9.59 Å². The van der Waals surface area contributed by atoms with Gasteiger partial charge in [-0.25, -0.2) is 9.78 Å². The van der Waals surface area contributed by atoms with Crippen molar-refractivity contribution in [1.29, 1.82) is 0 Å². The molecular formula is C18H17ClN2O3S. The zero-order chi connectivity index (χ0) is 18.1. The average Bonchev–Trinajstić information content (AvgIpc) is 2.90. The Hall–Kier alpha value is -2.18. The number of aromatic nitrogens is 2. The van der Waals surface area contributed by atoms with E-state index in [0.29, 0.717) is 38.0 Å². The standard InChI is InChI=1S/C18H17ClN2O3S/c1-4-24-18(23)15-10(2)14-16(25-15)20-11(3)21(17(14)22)9-12-7-5-6-8-13(12)19/h5-8H,4,9H2,1-3H3. The number of benzene rings is 1. The molecule has 1 aromatic carbocycles. The van der Waals surface area contributed by atoms with Crippen molar-refractivity contribution in [2.45, 2.75) is 27.3 Å². The number of esters is 1. The molecule has 2 heterocycles. The predicted octanol–water partition coefficient (Wildman–Crippen LogP) is 3.95. The van der Waals surface area contributed by atoms with Crippen LogP contribution in [0.2, 0.25) is 5.02 Å². The Balaban J connectivity index is 2.15. The summed E-state index contributed by atoms with van der Waals surface area (Å²) in [4.78, 5) is 30.6. The molecule has 3 rings (SSSR count). The summed E-state index contributed by atoms with van der Waals surface area (Å²) in [7, 11) is 0. The van der Waals surface area contributed by atoms with E-state index in [0.717, 1.165) is 5.56 Å². The molecule has 0 unspecified atom stereocenters. The zero-order valence-electron chi connectivity index (χ0n) is 14.1. The van der Waals surface area contributed by atoms with Crippen molar-refractivity contribution < 1.29 is 9.53 Å². The van der Waals surface area contributed by atoms with E-state index in [1.165, 1.54) is 11.3 Å². The summed E-state index contributed by atoms with van der Waals surface area (Å²) in [6.07, 6.45) is 0. The second-order valence-electron chi connectivity index (χ2n) is 5.60. The molecular weight excluding hydrogens is 360 g/mol. The van der Waals surface area contributed by atoms with Gasteiger partial charge in [0.2, 0.25) is 0 Å². The summed E-state index contributed by atoms with van der Waals surface area (Å²) >= 11 is 7.41. The molecule has 0 saturated heterocycles. The monoisotopic (exact) mass is 376 g/mol. The number of thiophene rings is 1. The van der Waals surface area contributed by atoms with Crippen molar-refractivity contribution in [3.63, 3.8) is 0 Å². The molecule has 0 radical (unpaired) electrons. The summed E-state index contributed by atoms with van der Waals surface area (Å²) in [5.41, 5.74) is 1.28. The minimum Gasteiger partial charge on any atom is -0.462 e. The van der Waals surface area contributed by atoms with Gasteiger partial charge in [-0.3, -0.25) is 9.36 Å². The Labute approximate surface area is 153 Å². The van der Waals surface area contributed by atoms with Gasteiger partial charge in [0.15, 0.2) is 0 Å². The topological polar surface area (TPSA) is 61.2 Å². The summed E-state index contributed by atoms with van der Waals surface area (Å²) in [5.74, 6) is 0.159. The summed E-state index contributed by atoms with van der Waals surface area (Å²) in [6, 6.07) is 7.39. The number of aryl methyl sites for hydroxylation is 2. The van der Waals surface area contributed by atoms with E-state index in [-0.39, 0.29) is 12.2 Å². The van der Waals surface area contributed by atoms with Gasteiger partial charge in [0.05, 0.1) is 18.5 Å². The van der Waals surface area contributed by atoms with E-state index >= 15 is 0 Å². The summed E-state index contributed by atoms with van der Waals surface area (Å²) in [6.45, 7) is 5.90. The first-order valence-electron chi connectivity index (χ1n) is 7.85. The molecule has 0 aliphatic carbocycles. The molecule has 0 atom stereocenters. The minimum atomic E-state index is -0.419. The van der Waals surface area contributed by atoms with Crippen LogP contribution in [0.25, 0.3) is 10.2 Å². The molecule has 0 N–H and O–H groups in total. The maximum Gasteiger partial charge on any atom is 0.348 e. The van der Waals surface area contributed by atoms with Crippen molar-refractivity contribution in [1.82, 2.24) is 9.55 Å². The summed E-state index contributed by atoms with van der Waals surface area (Å²) in [5, 5.41) is 1.06. The highest BCUT2D eigenvalue weighted by atomic mass is 35.5. The maximum atomic E-state index is 13.0. The van der Waals surface area contributed by atoms with Gasteiger partial charge in [-0.15, -0.1) is 11.3 Å². The molecule has 7 heteroatoms. The molecule has 0 spiro atoms. The Kier molecular flexibility index (Phi) is 4.92. The highest BCUT2D eigenvalue weighted by Gasteiger charge is 2.21. The van der Waals surface area contributed by atoms with Gasteiger partial charge in [0, 0.05) is 5.02 Å². The Morgan fingerprint density at radius 1 is 1.32 bits per heavy atom. The van der Waals surface area contributed by atoms with Crippen LogP contribution in [0.1, 0.15) is 33.5 Å². The van der Waals surface area contributed by atoms with Gasteiger partial charge in [-0.1, -0.05) is 29.8 Å². The first-order valence-corrected chi connectivity index (χ1v) is 9.04. The average molecular weight is 377 g/mol. The molecule has 0 bridgehead atoms. The Bertz CT molecular complexity index is 1020. The van der Waals surface area contributed by atoms with Crippen LogP contribution in [-0.4, -0.2) is 22.1 Å². The van der Waals surface area contributed by atoms with Crippen molar-refractivity contribution >= 4 is 39.1 Å². The lowest BCUT2D eigenvalue weighted by Gasteiger charge is -2.11. The molecule has 25 heavy (non-hydrogen) atoms. The molecule has 2 aromatic heterocycles. The van der Waals surface area contributed by atoms with Crippen LogP contribution in [0.5, 0.6) is 0 Å². The second-order valence-corrected chi connectivity index (χ2v) is 7.00. The number of fused-ring (bicyclic) bond motifs is 1. The number of hydrogen-bond acceptors (Lipinski definition) is 5. The fraction of sp³-hybridized carbons (Fsp3) is 0.278. The zero-order valence-corrected chi connectivity index (χ0v) is 15.7. The fourth-order valence-corrected chi connectivity index (χ4v) is 4.00. The van der Waals surface area contributed by atoms with E-state index < -0.39 is 5.97 Å². The predicted molar refractivity (Wildman–Crippen MR) is 99.9 cm³/mol. The maximum absolute atomic E-state index is 13.0. The normalized spacial score (nSPS) is 11.0. The Morgan fingerprint density at radius 2 is 2.04 bits per heavy atom. The van der Waals surface area contributed by atoms with Crippen molar-refractivity contribution in [2.24, 2.45) is 0 Å². The van der Waals surface area contributed by atoms with Crippen LogP contribution in [0, 0.1) is 13.8 Å². The molecule has 0 aliphatic rings. The molecule has 0 aliphatic heterocycles. The third kappa shape index (κ3) is 3.19. The van der Waals surface area contributed by atoms with Gasteiger partial charge in [0.1, 0.15) is 15.5 Å². The number of nitrogens with zero attached hydrogens (tertiary/aromatic N) is 2. The lowest BCUT2D eigenvalue weighted by Crippen LogP contribution is -2.24. The fourth-order valence-electron chi connectivity index (χ4n) is 2.69. The van der Waals surface area contributed by atoms with Gasteiger partial charge >= 0.3 is 5.97 Å². The molecule has 5 nitrogen and oxygen atoms in total. The van der Waals surface area contributed by atoms with Crippen molar-refractivity contribution in [3.05, 3.63) is 61.5 Å². The molecule has 130 valence electrons. The van der Waals surface area contributed by atoms with Gasteiger partial charge in [0.25, 0.3) is 5.56 Å². The largest absolute Gasteiger partial charge is 0.462 e. The third-order valence-electron chi connectivity index (χ3n) is 3.99. The quantitative estimate of drug-likeness (QED) is 0.647. The Morgan fingerprint density at radius 3 is 2.72 bits per heavy atom. The molecule has 3 aromatic rings. The highest BCUT2D eigenvalue weighted by molar-refractivity contribution is 7.20. The lowest BCUT2D eigenvalue weighted by atomic mass is 10.2. The second kappa shape index (κ2) is 6.98. The third-order valence-corrected chi connectivity index (χ3v) is 5.52. The van der Waals surface area contributed by atoms with Crippen molar-refractivity contribution in [3.8, 4) is 0 Å². The SMILES string of the molecule is CCOC(=O)c1sc2nc(C)n(Cc3ccccc3Cl)c(=O)c2c1C. The smallest absolute Gasteiger partial charge is 0.348 e. The highest BCUT2D eigenvalue weighted by Crippen LogP contribution is 2.28. The molecule has 0 amide bonds. The molecule has 0 fully saturated rings. The van der Waals surface area contributed by atoms with Crippen LogP contribution >= 0.6 is 22.9 Å². The van der Waals surface area contributed by atoms with E-state index in [4.69, 9.17) is 16.3 Å². The number of halogens is 1. The van der Waals surface area contributed by atoms with Crippen LogP contribution in [-0.2, 0) is 11.3 Å². The first-order chi connectivity index (χ1) is 11.9. The van der Waals surface area contributed by atoms with Crippen molar-refractivity contribution in [2.75, 3.05) is 6.61 Å². The van der Waals surface area contributed by atoms with Crippen LogP contribution in [0.15, 0.2) is 29.1 Å². The molecule has 0 saturated carbocycles. The van der Waals surface area contributed by atoms with E-state index in [1.54, 1.807) is 31.4 Å². The van der Waals surface area contributed by atoms with E-state index in [1.807, 2.05) is 18.2 Å². The number of carbonyl (C=O) groups is 1. The minimum absolute atomic E-state index is 0.174. The number of ether oxygens (including phenoxy) is 1. The van der Waals surface area contributed by atoms with Crippen LogP contribution < -0.4 is 5.56 Å². The number of rotatable bonds is 4. The number of carbonyl (C=O) groups excluding carboxylic acids is 1. The van der Waals surface area contributed by atoms with Gasteiger partial charge in [-0.05, 0) is 38.0 Å². The summed E-state index contributed by atoms with van der Waals surface area (Å²) < 4.78 is 6.65.